The van der Waals surface area contributed by atoms with Gasteiger partial charge in [-0.1, -0.05) is 29.8 Å². The summed E-state index contributed by atoms with van der Waals surface area (Å²) in [5.74, 6) is -1.91. The van der Waals surface area contributed by atoms with Crippen LogP contribution in [0.5, 0.6) is 0 Å². The Bertz CT molecular complexity index is 1080. The number of aryl methyl sites for hydroxylation is 1. The fraction of sp³-hybridized carbons (Fsp3) is 0.190. The molecule has 5 nitrogen and oxygen atoms in total. The molecule has 1 aromatic heterocycles. The van der Waals surface area contributed by atoms with Crippen LogP contribution in [0.1, 0.15) is 27.9 Å². The molecule has 0 saturated heterocycles. The van der Waals surface area contributed by atoms with Crippen LogP contribution in [0, 0.1) is 12.7 Å². The lowest BCUT2D eigenvalue weighted by Gasteiger charge is -2.14. The van der Waals surface area contributed by atoms with Crippen LogP contribution < -0.4 is 5.01 Å². The summed E-state index contributed by atoms with van der Waals surface area (Å²) in [5, 5.41) is 17.4. The van der Waals surface area contributed by atoms with Crippen LogP contribution in [0.15, 0.2) is 52.9 Å². The van der Waals surface area contributed by atoms with Gasteiger partial charge in [0.05, 0.1) is 23.5 Å². The number of rotatable bonds is 6. The van der Waals surface area contributed by atoms with Gasteiger partial charge in [-0.05, 0) is 25.1 Å². The average molecular weight is 413 g/mol. The molecule has 2 atom stereocenters. The molecule has 0 bridgehead atoms. The molecular weight excluding hydrogens is 396 g/mol. The highest BCUT2D eigenvalue weighted by Gasteiger charge is 2.44. The first-order chi connectivity index (χ1) is 13.9. The quantitative estimate of drug-likeness (QED) is 0.461. The third-order valence-electron chi connectivity index (χ3n) is 4.60. The maximum Gasteiger partial charge on any atom is 0.336 e. The molecular formula is C21H17F2N3O2S. The lowest BCUT2D eigenvalue weighted by Crippen LogP contribution is -2.21. The molecule has 1 heterocycles. The van der Waals surface area contributed by atoms with E-state index in [4.69, 9.17) is 0 Å². The van der Waals surface area contributed by atoms with Crippen LogP contribution in [-0.2, 0) is 0 Å². The summed E-state index contributed by atoms with van der Waals surface area (Å²) in [6.07, 6.45) is 0.610. The highest BCUT2D eigenvalue weighted by atomic mass is 32.1. The Kier molecular flexibility index (Phi) is 5.10. The van der Waals surface area contributed by atoms with Gasteiger partial charge in [-0.3, -0.25) is 0 Å². The average Bonchev–Trinajstić information content (AvgIpc) is 3.21. The highest BCUT2D eigenvalue weighted by Crippen LogP contribution is 2.38. The number of aromatic carboxylic acids is 1. The number of nitrogens with zero attached hydrogens (tertiary/aromatic N) is 3. The van der Waals surface area contributed by atoms with Crippen molar-refractivity contribution >= 4 is 28.7 Å². The monoisotopic (exact) mass is 413 g/mol. The number of halogens is 2. The molecule has 29 heavy (non-hydrogen) atoms. The first-order valence-corrected chi connectivity index (χ1v) is 9.83. The van der Waals surface area contributed by atoms with Crippen LogP contribution in [0.4, 0.5) is 13.9 Å². The number of carbonyl (C=O) groups is 1. The molecule has 4 rings (SSSR count). The van der Waals surface area contributed by atoms with Crippen LogP contribution in [-0.4, -0.2) is 34.5 Å². The van der Waals surface area contributed by atoms with E-state index in [-0.39, 0.29) is 11.1 Å². The number of thiazole rings is 1. The number of carboxylic acids is 1. The molecule has 2 aromatic carbocycles. The fourth-order valence-corrected chi connectivity index (χ4v) is 3.71. The number of alkyl halides is 1. The second-order valence-corrected chi connectivity index (χ2v) is 7.66. The van der Waals surface area contributed by atoms with Crippen LogP contribution in [0.3, 0.4) is 0 Å². The van der Waals surface area contributed by atoms with Gasteiger partial charge >= 0.3 is 5.97 Å². The van der Waals surface area contributed by atoms with Crippen molar-refractivity contribution in [1.29, 1.82) is 0 Å². The molecule has 8 heteroatoms. The molecule has 148 valence electrons. The van der Waals surface area contributed by atoms with Crippen molar-refractivity contribution < 1.29 is 18.7 Å². The number of hydrogen-bond donors (Lipinski definition) is 1. The van der Waals surface area contributed by atoms with Gasteiger partial charge in [0, 0.05) is 22.9 Å². The largest absolute Gasteiger partial charge is 0.478 e. The van der Waals surface area contributed by atoms with Crippen LogP contribution in [0.2, 0.25) is 0 Å². The molecule has 0 radical (unpaired) electrons. The van der Waals surface area contributed by atoms with Crippen molar-refractivity contribution in [1.82, 2.24) is 4.98 Å². The summed E-state index contributed by atoms with van der Waals surface area (Å²) < 4.78 is 27.2. The molecule has 1 aliphatic rings. The summed E-state index contributed by atoms with van der Waals surface area (Å²) in [5.41, 5.74) is 2.87. The maximum atomic E-state index is 13.8. The summed E-state index contributed by atoms with van der Waals surface area (Å²) in [6, 6.07) is 10.9. The predicted octanol–water partition coefficient (Wildman–Crippen LogP) is 4.91. The van der Waals surface area contributed by atoms with E-state index in [1.165, 1.54) is 28.6 Å². The van der Waals surface area contributed by atoms with Crippen molar-refractivity contribution in [2.24, 2.45) is 5.10 Å². The molecule has 1 saturated carbocycles. The second-order valence-electron chi connectivity index (χ2n) is 6.83. The Balaban J connectivity index is 1.64. The molecule has 0 spiro atoms. The van der Waals surface area contributed by atoms with Crippen molar-refractivity contribution in [3.63, 3.8) is 0 Å². The minimum Gasteiger partial charge on any atom is -0.478 e. The van der Waals surface area contributed by atoms with Gasteiger partial charge in [-0.15, -0.1) is 11.3 Å². The molecule has 1 N–H and O–H groups in total. The predicted molar refractivity (Wildman–Crippen MR) is 109 cm³/mol. The Morgan fingerprint density at radius 2 is 2.03 bits per heavy atom. The SMILES string of the molecule is Cc1ccc(-c2csc(N(/N=C/c3ccc(F)cc3C(=O)O)C3CC3F)n2)cc1. The van der Waals surface area contributed by atoms with Crippen molar-refractivity contribution in [3.05, 3.63) is 70.4 Å². The van der Waals surface area contributed by atoms with E-state index in [9.17, 15) is 18.7 Å². The number of hydrogen-bond acceptors (Lipinski definition) is 5. The number of carboxylic acid groups (broad SMARTS) is 1. The lowest BCUT2D eigenvalue weighted by molar-refractivity contribution is 0.0696. The topological polar surface area (TPSA) is 65.8 Å². The van der Waals surface area contributed by atoms with E-state index in [1.807, 2.05) is 36.6 Å². The van der Waals surface area contributed by atoms with Gasteiger partial charge in [0.15, 0.2) is 0 Å². The first kappa shape index (κ1) is 19.2. The summed E-state index contributed by atoms with van der Waals surface area (Å²) >= 11 is 1.33. The third kappa shape index (κ3) is 4.17. The number of aromatic nitrogens is 1. The van der Waals surface area contributed by atoms with E-state index in [1.54, 1.807) is 0 Å². The molecule has 1 fully saturated rings. The Morgan fingerprint density at radius 1 is 1.31 bits per heavy atom. The van der Waals surface area contributed by atoms with Crippen molar-refractivity contribution in [2.75, 3.05) is 5.01 Å². The summed E-state index contributed by atoms with van der Waals surface area (Å²) in [7, 11) is 0. The maximum absolute atomic E-state index is 13.8. The van der Waals surface area contributed by atoms with Gasteiger partial charge in [0.2, 0.25) is 5.13 Å². The van der Waals surface area contributed by atoms with Gasteiger partial charge in [-0.25, -0.2) is 23.6 Å². The molecule has 3 aromatic rings. The van der Waals surface area contributed by atoms with Crippen LogP contribution in [0.25, 0.3) is 11.3 Å². The zero-order chi connectivity index (χ0) is 20.5. The first-order valence-electron chi connectivity index (χ1n) is 8.95. The number of anilines is 1. The van der Waals surface area contributed by atoms with Gasteiger partial charge in [0.1, 0.15) is 12.0 Å². The number of benzene rings is 2. The summed E-state index contributed by atoms with van der Waals surface area (Å²) in [6.45, 7) is 2.00. The van der Waals surface area contributed by atoms with E-state index in [0.29, 0.717) is 11.6 Å². The fourth-order valence-electron chi connectivity index (χ4n) is 2.86. The lowest BCUT2D eigenvalue weighted by atomic mass is 10.1. The molecule has 2 unspecified atom stereocenters. The minimum absolute atomic E-state index is 0.208. The van der Waals surface area contributed by atoms with Gasteiger partial charge in [0.25, 0.3) is 0 Å². The van der Waals surface area contributed by atoms with E-state index in [2.05, 4.69) is 10.1 Å². The second kappa shape index (κ2) is 7.71. The van der Waals surface area contributed by atoms with E-state index < -0.39 is 24.0 Å². The van der Waals surface area contributed by atoms with Crippen LogP contribution >= 0.6 is 11.3 Å². The molecule has 0 amide bonds. The Hall–Kier alpha value is -3.13. The standard InChI is InChI=1S/C21H17F2N3O2S/c1-12-2-4-13(5-3-12)18-11-29-21(25-18)26(19-9-17(19)23)24-10-14-6-7-15(22)8-16(14)20(27)28/h2-8,10-11,17,19H,9H2,1H3,(H,27,28)/b24-10+. The zero-order valence-corrected chi connectivity index (χ0v) is 16.2. The normalized spacial score (nSPS) is 18.2. The highest BCUT2D eigenvalue weighted by molar-refractivity contribution is 7.14. The Morgan fingerprint density at radius 3 is 2.69 bits per heavy atom. The van der Waals surface area contributed by atoms with Gasteiger partial charge < -0.3 is 5.11 Å². The van der Waals surface area contributed by atoms with E-state index >= 15 is 0 Å². The van der Waals surface area contributed by atoms with E-state index in [0.717, 1.165) is 29.0 Å². The minimum atomic E-state index is -1.26. The zero-order valence-electron chi connectivity index (χ0n) is 15.4. The van der Waals surface area contributed by atoms with Crippen molar-refractivity contribution in [2.45, 2.75) is 25.6 Å². The third-order valence-corrected chi connectivity index (χ3v) is 5.43. The smallest absolute Gasteiger partial charge is 0.336 e. The molecule has 1 aliphatic carbocycles. The van der Waals surface area contributed by atoms with Gasteiger partial charge in [-0.2, -0.15) is 5.10 Å². The number of hydrazone groups is 1. The summed E-state index contributed by atoms with van der Waals surface area (Å²) in [4.78, 5) is 15.9. The molecule has 0 aliphatic heterocycles. The van der Waals surface area contributed by atoms with Crippen molar-refractivity contribution in [3.8, 4) is 11.3 Å². The Labute approximate surface area is 170 Å².